The first kappa shape index (κ1) is 24.0. The Bertz CT molecular complexity index is 804. The molecule has 0 aromatic heterocycles. The maximum atomic E-state index is 12.6. The van der Waals surface area contributed by atoms with Crippen molar-refractivity contribution in [1.82, 2.24) is 19.2 Å². The molecule has 29 heavy (non-hydrogen) atoms. The molecule has 12 heteroatoms. The highest BCUT2D eigenvalue weighted by Crippen LogP contribution is 2.21. The van der Waals surface area contributed by atoms with Crippen molar-refractivity contribution in [3.8, 4) is 0 Å². The van der Waals surface area contributed by atoms with Gasteiger partial charge in [-0.15, -0.1) is 0 Å². The van der Waals surface area contributed by atoms with Crippen LogP contribution in [0.25, 0.3) is 0 Å². The van der Waals surface area contributed by atoms with Crippen LogP contribution in [0.1, 0.15) is 46.0 Å². The Hall–Kier alpha value is -1.24. The van der Waals surface area contributed by atoms with Crippen LogP contribution < -0.4 is 10.0 Å². The summed E-state index contributed by atoms with van der Waals surface area (Å²) < 4.78 is 51.3. The van der Waals surface area contributed by atoms with Crippen LogP contribution >= 0.6 is 0 Å². The minimum absolute atomic E-state index is 0.0848. The van der Waals surface area contributed by atoms with Gasteiger partial charge in [0, 0.05) is 32.7 Å². The topological polar surface area (TPSA) is 133 Å². The number of hydrogen-bond donors (Lipinski definition) is 2. The first-order valence-corrected chi connectivity index (χ1v) is 13.2. The minimum atomic E-state index is -3.57. The Kier molecular flexibility index (Phi) is 8.05. The van der Waals surface area contributed by atoms with Crippen LogP contribution in [-0.2, 0) is 29.6 Å². The van der Waals surface area contributed by atoms with Crippen molar-refractivity contribution in [2.75, 3.05) is 32.4 Å². The van der Waals surface area contributed by atoms with Crippen LogP contribution in [0.15, 0.2) is 0 Å². The van der Waals surface area contributed by atoms with Crippen LogP contribution in [0, 0.1) is 0 Å². The van der Waals surface area contributed by atoms with Crippen molar-refractivity contribution in [3.05, 3.63) is 0 Å². The molecule has 0 aromatic carbocycles. The largest absolute Gasteiger partial charge is 0.352 e. The number of carbonyl (C=O) groups excluding carboxylic acids is 2. The number of likely N-dealkylation sites (tertiary alicyclic amines) is 1. The van der Waals surface area contributed by atoms with E-state index >= 15 is 0 Å². The van der Waals surface area contributed by atoms with Gasteiger partial charge >= 0.3 is 0 Å². The summed E-state index contributed by atoms with van der Waals surface area (Å²) in [5.41, 5.74) is 0. The predicted octanol–water partition coefficient (Wildman–Crippen LogP) is -0.764. The summed E-state index contributed by atoms with van der Waals surface area (Å²) >= 11 is 0. The number of carbonyl (C=O) groups is 2. The molecule has 2 aliphatic heterocycles. The number of sulfonamides is 2. The van der Waals surface area contributed by atoms with Crippen LogP contribution in [0.4, 0.5) is 0 Å². The zero-order valence-electron chi connectivity index (χ0n) is 17.3. The highest BCUT2D eigenvalue weighted by Gasteiger charge is 2.42. The zero-order chi connectivity index (χ0) is 21.8. The van der Waals surface area contributed by atoms with Gasteiger partial charge < -0.3 is 10.2 Å². The molecular formula is C17H32N4O6S2. The van der Waals surface area contributed by atoms with Crippen LogP contribution in [-0.4, -0.2) is 87.6 Å². The van der Waals surface area contributed by atoms with Crippen LogP contribution in [0.3, 0.4) is 0 Å². The second kappa shape index (κ2) is 9.71. The number of nitrogens with zero attached hydrogens (tertiary/aromatic N) is 2. The van der Waals surface area contributed by atoms with Gasteiger partial charge in [0.2, 0.25) is 31.9 Å². The maximum Gasteiger partial charge on any atom is 0.240 e. The molecular weight excluding hydrogens is 420 g/mol. The normalized spacial score (nSPS) is 25.2. The minimum Gasteiger partial charge on any atom is -0.352 e. The van der Waals surface area contributed by atoms with Crippen molar-refractivity contribution in [2.45, 2.75) is 63.3 Å². The van der Waals surface area contributed by atoms with E-state index in [1.165, 1.54) is 25.2 Å². The van der Waals surface area contributed by atoms with Gasteiger partial charge in [0.1, 0.15) is 0 Å². The van der Waals surface area contributed by atoms with Gasteiger partial charge in [-0.2, -0.15) is 0 Å². The Morgan fingerprint density at radius 3 is 2.17 bits per heavy atom. The average Bonchev–Trinajstić information content (AvgIpc) is 2.89. The van der Waals surface area contributed by atoms with Gasteiger partial charge in [-0.05, 0) is 46.0 Å². The summed E-state index contributed by atoms with van der Waals surface area (Å²) in [5.74, 6) is -0.793. The summed E-state index contributed by atoms with van der Waals surface area (Å²) in [6, 6.07) is -0.948. The molecule has 0 bridgehead atoms. The molecule has 2 amide bonds. The molecule has 10 nitrogen and oxygen atoms in total. The fourth-order valence-electron chi connectivity index (χ4n) is 3.71. The fourth-order valence-corrected chi connectivity index (χ4v) is 6.05. The molecule has 168 valence electrons. The van der Waals surface area contributed by atoms with Crippen molar-refractivity contribution >= 4 is 31.9 Å². The standard InChI is InChI=1S/C17H32N4O6S2/c1-4-28(24,25)19-13(2)17(23)21-10-5-7-14(8-6-11-21)18-16(22)15-9-12-20(3)29(15,26)27/h13-15,19H,4-12H2,1-3H3,(H,18,22). The van der Waals surface area contributed by atoms with Gasteiger partial charge in [0.25, 0.3) is 0 Å². The number of nitrogens with one attached hydrogen (secondary N) is 2. The van der Waals surface area contributed by atoms with Gasteiger partial charge in [-0.3, -0.25) is 9.59 Å². The lowest BCUT2D eigenvalue weighted by atomic mass is 10.0. The van der Waals surface area contributed by atoms with E-state index < -0.39 is 37.2 Å². The fraction of sp³-hybridized carbons (Fsp3) is 0.882. The first-order valence-electron chi connectivity index (χ1n) is 10.0. The van der Waals surface area contributed by atoms with E-state index in [0.717, 1.165) is 0 Å². The number of rotatable bonds is 6. The maximum absolute atomic E-state index is 12.6. The quantitative estimate of drug-likeness (QED) is 0.544. The summed E-state index contributed by atoms with van der Waals surface area (Å²) in [6.45, 7) is 4.33. The summed E-state index contributed by atoms with van der Waals surface area (Å²) in [7, 11) is -5.55. The predicted molar refractivity (Wildman–Crippen MR) is 109 cm³/mol. The van der Waals surface area contributed by atoms with E-state index in [-0.39, 0.29) is 17.7 Å². The van der Waals surface area contributed by atoms with Crippen LogP contribution in [0.5, 0.6) is 0 Å². The molecule has 2 N–H and O–H groups in total. The second-order valence-corrected chi connectivity index (χ2v) is 12.0. The van der Waals surface area contributed by atoms with E-state index in [0.29, 0.717) is 51.7 Å². The smallest absolute Gasteiger partial charge is 0.240 e. The van der Waals surface area contributed by atoms with Gasteiger partial charge in [-0.25, -0.2) is 25.9 Å². The second-order valence-electron chi connectivity index (χ2n) is 7.70. The first-order chi connectivity index (χ1) is 13.5. The van der Waals surface area contributed by atoms with Crippen LogP contribution in [0.2, 0.25) is 0 Å². The average molecular weight is 453 g/mol. The van der Waals surface area contributed by atoms with Gasteiger partial charge in [0.15, 0.2) is 5.25 Å². The van der Waals surface area contributed by atoms with Crippen molar-refractivity contribution in [3.63, 3.8) is 0 Å². The number of hydrogen-bond acceptors (Lipinski definition) is 6. The van der Waals surface area contributed by atoms with Gasteiger partial charge in [0.05, 0.1) is 11.8 Å². The lowest BCUT2D eigenvalue weighted by Crippen LogP contribution is -2.49. The zero-order valence-corrected chi connectivity index (χ0v) is 18.9. The molecule has 0 aliphatic carbocycles. The SMILES string of the molecule is CCS(=O)(=O)NC(C)C(=O)N1CCCC(NC(=O)C2CCN(C)S2(=O)=O)CCC1. The number of amides is 2. The Balaban J connectivity index is 1.86. The molecule has 0 saturated carbocycles. The third-order valence-electron chi connectivity index (χ3n) is 5.52. The van der Waals surface area contributed by atoms with Gasteiger partial charge in [-0.1, -0.05) is 0 Å². The van der Waals surface area contributed by atoms with Crippen molar-refractivity contribution < 1.29 is 26.4 Å². The molecule has 2 unspecified atom stereocenters. The third kappa shape index (κ3) is 6.12. The molecule has 2 atom stereocenters. The Morgan fingerprint density at radius 1 is 1.10 bits per heavy atom. The molecule has 2 aliphatic rings. The third-order valence-corrected chi connectivity index (χ3v) is 9.21. The Labute approximate surface area is 173 Å². The highest BCUT2D eigenvalue weighted by molar-refractivity contribution is 7.90. The molecule has 2 rings (SSSR count). The molecule has 2 saturated heterocycles. The lowest BCUT2D eigenvalue weighted by Gasteiger charge is -2.30. The summed E-state index contributed by atoms with van der Waals surface area (Å²) in [4.78, 5) is 26.6. The summed E-state index contributed by atoms with van der Waals surface area (Å²) in [5, 5.41) is 1.85. The molecule has 2 fully saturated rings. The van der Waals surface area contributed by atoms with Crippen molar-refractivity contribution in [2.24, 2.45) is 0 Å². The Morgan fingerprint density at radius 2 is 1.69 bits per heavy atom. The van der Waals surface area contributed by atoms with E-state index in [1.54, 1.807) is 4.90 Å². The van der Waals surface area contributed by atoms with E-state index in [1.807, 2.05) is 0 Å². The lowest BCUT2D eigenvalue weighted by molar-refractivity contribution is -0.133. The van der Waals surface area contributed by atoms with Crippen molar-refractivity contribution in [1.29, 1.82) is 0 Å². The van der Waals surface area contributed by atoms with E-state index in [9.17, 15) is 26.4 Å². The van der Waals surface area contributed by atoms with E-state index in [4.69, 9.17) is 0 Å². The molecule has 0 spiro atoms. The highest BCUT2D eigenvalue weighted by atomic mass is 32.2. The molecule has 2 heterocycles. The summed E-state index contributed by atoms with van der Waals surface area (Å²) in [6.07, 6.45) is 2.84. The monoisotopic (exact) mass is 452 g/mol. The van der Waals surface area contributed by atoms with E-state index in [2.05, 4.69) is 10.0 Å². The molecule has 0 aromatic rings. The molecule has 0 radical (unpaired) electrons.